The molecule has 2 heterocycles. The van der Waals surface area contributed by atoms with Gasteiger partial charge in [0.2, 0.25) is 5.91 Å². The van der Waals surface area contributed by atoms with E-state index in [1.807, 2.05) is 11.0 Å². The lowest BCUT2D eigenvalue weighted by Gasteiger charge is -2.37. The van der Waals surface area contributed by atoms with Crippen LogP contribution in [0.3, 0.4) is 0 Å². The van der Waals surface area contributed by atoms with Crippen LogP contribution in [0.15, 0.2) is 42.5 Å². The molecule has 2 N–H and O–H groups in total. The number of carbonyl (C=O) groups is 3. The summed E-state index contributed by atoms with van der Waals surface area (Å²) in [4.78, 5) is 43.4. The molecule has 0 radical (unpaired) electrons. The van der Waals surface area contributed by atoms with Crippen LogP contribution in [0.25, 0.3) is 0 Å². The first-order valence-corrected chi connectivity index (χ1v) is 12.0. The topological polar surface area (TPSA) is 102 Å². The zero-order valence-electron chi connectivity index (χ0n) is 20.0. The second-order valence-corrected chi connectivity index (χ2v) is 8.92. The van der Waals surface area contributed by atoms with Gasteiger partial charge in [-0.2, -0.15) is 0 Å². The highest BCUT2D eigenvalue weighted by Crippen LogP contribution is 2.25. The zero-order valence-corrected chi connectivity index (χ0v) is 20.0. The van der Waals surface area contributed by atoms with Gasteiger partial charge in [0.15, 0.2) is 0 Å². The average Bonchev–Trinajstić information content (AvgIpc) is 2.89. The number of carboxylic acid groups (broad SMARTS) is 1. The lowest BCUT2D eigenvalue weighted by molar-refractivity contribution is -0.133. The molecule has 2 aliphatic rings. The fourth-order valence-corrected chi connectivity index (χ4v) is 4.55. The molecule has 0 aromatic heterocycles. The minimum Gasteiger partial charge on any atom is -0.497 e. The summed E-state index contributed by atoms with van der Waals surface area (Å²) in [6.45, 7) is 5.02. The van der Waals surface area contributed by atoms with E-state index in [0.717, 1.165) is 44.7 Å². The molecule has 9 nitrogen and oxygen atoms in total. The minimum atomic E-state index is -1.11. The number of amides is 2. The Bertz CT molecular complexity index is 1060. The minimum absolute atomic E-state index is 0.0343. The van der Waals surface area contributed by atoms with Gasteiger partial charge in [0.25, 0.3) is 5.91 Å². The molecule has 0 unspecified atom stereocenters. The maximum absolute atomic E-state index is 12.6. The molecular weight excluding hydrogens is 448 g/mol. The fourth-order valence-electron chi connectivity index (χ4n) is 4.55. The summed E-state index contributed by atoms with van der Waals surface area (Å²) in [6, 6.07) is 11.7. The molecule has 2 fully saturated rings. The van der Waals surface area contributed by atoms with Gasteiger partial charge in [-0.05, 0) is 61.7 Å². The fraction of sp³-hybridized carbons (Fsp3) is 0.423. The standard InChI is InChI=1S/C26H32N4O5/c1-35-21-8-5-19(6-9-21)25(32)27-23-10-7-20(17-22(23)26(33)34)29-15-13-28(14-16-29)18-24(31)30-11-3-2-4-12-30/h5-10,17H,2-4,11-16,18H2,1H3,(H,27,32)(H,33,34). The molecular formula is C26H32N4O5. The number of methoxy groups -OCH3 is 1. The molecule has 2 saturated heterocycles. The predicted octanol–water partition coefficient (Wildman–Crippen LogP) is 2.78. The number of carbonyl (C=O) groups excluding carboxylic acids is 2. The highest BCUT2D eigenvalue weighted by atomic mass is 16.5. The summed E-state index contributed by atoms with van der Waals surface area (Å²) in [6.07, 6.45) is 3.37. The number of nitrogens with one attached hydrogen (secondary N) is 1. The second-order valence-electron chi connectivity index (χ2n) is 8.92. The predicted molar refractivity (Wildman–Crippen MR) is 133 cm³/mol. The Morgan fingerprint density at radius 2 is 1.60 bits per heavy atom. The van der Waals surface area contributed by atoms with Crippen molar-refractivity contribution < 1.29 is 24.2 Å². The number of carboxylic acids is 1. The first kappa shape index (κ1) is 24.5. The van der Waals surface area contributed by atoms with Crippen molar-refractivity contribution in [1.82, 2.24) is 9.80 Å². The molecule has 0 aliphatic carbocycles. The van der Waals surface area contributed by atoms with E-state index in [4.69, 9.17) is 4.74 Å². The zero-order chi connectivity index (χ0) is 24.8. The second kappa shape index (κ2) is 11.2. The Morgan fingerprint density at radius 1 is 0.914 bits per heavy atom. The molecule has 186 valence electrons. The molecule has 0 atom stereocenters. The van der Waals surface area contributed by atoms with Gasteiger partial charge in [-0.1, -0.05) is 0 Å². The van der Waals surface area contributed by atoms with Crippen molar-refractivity contribution >= 4 is 29.2 Å². The lowest BCUT2D eigenvalue weighted by atomic mass is 10.1. The maximum atomic E-state index is 12.6. The monoisotopic (exact) mass is 480 g/mol. The molecule has 35 heavy (non-hydrogen) atoms. The Labute approximate surface area is 205 Å². The number of ether oxygens (including phenoxy) is 1. The molecule has 0 bridgehead atoms. The van der Waals surface area contributed by atoms with Gasteiger partial charge in [-0.25, -0.2) is 4.79 Å². The van der Waals surface area contributed by atoms with E-state index < -0.39 is 11.9 Å². The van der Waals surface area contributed by atoms with E-state index in [-0.39, 0.29) is 17.2 Å². The number of nitrogens with zero attached hydrogens (tertiary/aromatic N) is 3. The number of piperazine rings is 1. The van der Waals surface area contributed by atoms with Gasteiger partial charge in [0, 0.05) is 50.5 Å². The Morgan fingerprint density at radius 3 is 2.23 bits per heavy atom. The molecule has 2 aliphatic heterocycles. The molecule has 0 saturated carbocycles. The SMILES string of the molecule is COc1ccc(C(=O)Nc2ccc(N3CCN(CC(=O)N4CCCCC4)CC3)cc2C(=O)O)cc1. The Balaban J connectivity index is 1.37. The number of piperidine rings is 1. The van der Waals surface area contributed by atoms with Crippen molar-refractivity contribution in [3.8, 4) is 5.75 Å². The lowest BCUT2D eigenvalue weighted by Crippen LogP contribution is -2.50. The number of rotatable bonds is 7. The van der Waals surface area contributed by atoms with Crippen molar-refractivity contribution in [3.63, 3.8) is 0 Å². The van der Waals surface area contributed by atoms with Gasteiger partial charge in [0.1, 0.15) is 5.75 Å². The van der Waals surface area contributed by atoms with Crippen molar-refractivity contribution in [2.75, 3.05) is 63.1 Å². The van der Waals surface area contributed by atoms with Crippen LogP contribution in [0, 0.1) is 0 Å². The summed E-state index contributed by atoms with van der Waals surface area (Å²) >= 11 is 0. The van der Waals surface area contributed by atoms with Crippen LogP contribution in [-0.2, 0) is 4.79 Å². The van der Waals surface area contributed by atoms with Crippen LogP contribution < -0.4 is 15.0 Å². The number of hydrogen-bond donors (Lipinski definition) is 2. The van der Waals surface area contributed by atoms with Crippen LogP contribution >= 0.6 is 0 Å². The first-order valence-electron chi connectivity index (χ1n) is 12.0. The number of aromatic carboxylic acids is 1. The Kier molecular flexibility index (Phi) is 7.87. The maximum Gasteiger partial charge on any atom is 0.337 e. The summed E-state index contributed by atoms with van der Waals surface area (Å²) in [5, 5.41) is 12.5. The highest BCUT2D eigenvalue weighted by molar-refractivity contribution is 6.08. The van der Waals surface area contributed by atoms with E-state index in [2.05, 4.69) is 15.1 Å². The van der Waals surface area contributed by atoms with E-state index >= 15 is 0 Å². The van der Waals surface area contributed by atoms with Crippen LogP contribution in [0.2, 0.25) is 0 Å². The van der Waals surface area contributed by atoms with E-state index in [0.29, 0.717) is 30.9 Å². The van der Waals surface area contributed by atoms with Crippen molar-refractivity contribution in [3.05, 3.63) is 53.6 Å². The van der Waals surface area contributed by atoms with E-state index in [1.165, 1.54) is 6.42 Å². The number of benzene rings is 2. The summed E-state index contributed by atoms with van der Waals surface area (Å²) < 4.78 is 5.11. The first-order chi connectivity index (χ1) is 16.9. The third-order valence-corrected chi connectivity index (χ3v) is 6.64. The molecule has 2 amide bonds. The summed E-state index contributed by atoms with van der Waals surface area (Å²) in [5.74, 6) is -0.672. The highest BCUT2D eigenvalue weighted by Gasteiger charge is 2.24. The largest absolute Gasteiger partial charge is 0.497 e. The van der Waals surface area contributed by atoms with Crippen LogP contribution in [-0.4, -0.2) is 85.6 Å². The third-order valence-electron chi connectivity index (χ3n) is 6.64. The van der Waals surface area contributed by atoms with E-state index in [9.17, 15) is 19.5 Å². The number of hydrogen-bond acceptors (Lipinski definition) is 6. The smallest absolute Gasteiger partial charge is 0.337 e. The summed E-state index contributed by atoms with van der Waals surface area (Å²) in [5.41, 5.74) is 1.47. The Hall–Kier alpha value is -3.59. The van der Waals surface area contributed by atoms with Crippen LogP contribution in [0.5, 0.6) is 5.75 Å². The van der Waals surface area contributed by atoms with Crippen molar-refractivity contribution in [1.29, 1.82) is 0 Å². The van der Waals surface area contributed by atoms with Gasteiger partial charge < -0.3 is 25.0 Å². The molecule has 0 spiro atoms. The summed E-state index contributed by atoms with van der Waals surface area (Å²) in [7, 11) is 1.55. The normalized spacial score (nSPS) is 16.6. The van der Waals surface area contributed by atoms with Gasteiger partial charge >= 0.3 is 5.97 Å². The van der Waals surface area contributed by atoms with Gasteiger partial charge in [-0.15, -0.1) is 0 Å². The van der Waals surface area contributed by atoms with Gasteiger partial charge in [-0.3, -0.25) is 14.5 Å². The molecule has 2 aromatic rings. The van der Waals surface area contributed by atoms with Crippen LogP contribution in [0.4, 0.5) is 11.4 Å². The molecule has 2 aromatic carbocycles. The average molecular weight is 481 g/mol. The number of anilines is 2. The molecule has 4 rings (SSSR count). The van der Waals surface area contributed by atoms with Crippen molar-refractivity contribution in [2.24, 2.45) is 0 Å². The van der Waals surface area contributed by atoms with Crippen LogP contribution in [0.1, 0.15) is 40.0 Å². The van der Waals surface area contributed by atoms with E-state index in [1.54, 1.807) is 43.5 Å². The molecule has 9 heteroatoms. The third kappa shape index (κ3) is 6.10. The van der Waals surface area contributed by atoms with Crippen molar-refractivity contribution in [2.45, 2.75) is 19.3 Å². The quantitative estimate of drug-likeness (QED) is 0.628. The number of likely N-dealkylation sites (tertiary alicyclic amines) is 1. The van der Waals surface area contributed by atoms with Gasteiger partial charge in [0.05, 0.1) is 24.9 Å².